The van der Waals surface area contributed by atoms with Crippen molar-refractivity contribution in [3.63, 3.8) is 0 Å². The molecule has 2 aromatic rings. The van der Waals surface area contributed by atoms with Crippen LogP contribution in [-0.4, -0.2) is 44.4 Å². The van der Waals surface area contributed by atoms with Crippen LogP contribution in [0.25, 0.3) is 0 Å². The Morgan fingerprint density at radius 3 is 3.04 bits per heavy atom. The number of nitrogens with zero attached hydrogens (tertiary/aromatic N) is 2. The lowest BCUT2D eigenvalue weighted by Crippen LogP contribution is -2.29. The third kappa shape index (κ3) is 4.27. The molecule has 0 saturated carbocycles. The summed E-state index contributed by atoms with van der Waals surface area (Å²) in [5, 5.41) is 3.42. The van der Waals surface area contributed by atoms with Gasteiger partial charge in [0.1, 0.15) is 5.82 Å². The minimum Gasteiger partial charge on any atom is -0.449 e. The molecule has 0 radical (unpaired) electrons. The Labute approximate surface area is 143 Å². The Bertz CT molecular complexity index is 624. The molecule has 0 spiro atoms. The van der Waals surface area contributed by atoms with E-state index in [0.717, 1.165) is 43.2 Å². The number of likely N-dealkylation sites (N-methyl/N-ethyl adjacent to an activating group) is 1. The molecule has 0 amide bonds. The SMILES string of the molecule is Cc1cc(N)nc(C[C@H]2CNC[C@H]2OCCN(C)c2ccco2)c1. The predicted octanol–water partition coefficient (Wildman–Crippen LogP) is 1.85. The molecule has 1 aliphatic rings. The van der Waals surface area contributed by atoms with E-state index in [4.69, 9.17) is 14.9 Å². The summed E-state index contributed by atoms with van der Waals surface area (Å²) >= 11 is 0. The van der Waals surface area contributed by atoms with Gasteiger partial charge in [-0.2, -0.15) is 0 Å². The van der Waals surface area contributed by atoms with Gasteiger partial charge in [-0.15, -0.1) is 0 Å². The Morgan fingerprint density at radius 2 is 2.29 bits per heavy atom. The van der Waals surface area contributed by atoms with Gasteiger partial charge in [0, 0.05) is 44.4 Å². The highest BCUT2D eigenvalue weighted by Crippen LogP contribution is 2.20. The van der Waals surface area contributed by atoms with Crippen LogP contribution >= 0.6 is 0 Å². The molecule has 2 aromatic heterocycles. The zero-order valence-corrected chi connectivity index (χ0v) is 14.4. The number of nitrogens with one attached hydrogen (secondary N) is 1. The third-order valence-electron chi connectivity index (χ3n) is 4.43. The van der Waals surface area contributed by atoms with E-state index in [1.54, 1.807) is 6.26 Å². The highest BCUT2D eigenvalue weighted by atomic mass is 16.5. The summed E-state index contributed by atoms with van der Waals surface area (Å²) in [6, 6.07) is 7.85. The molecule has 2 atom stereocenters. The van der Waals surface area contributed by atoms with Crippen molar-refractivity contribution >= 4 is 11.7 Å². The number of rotatable bonds is 7. The Morgan fingerprint density at radius 1 is 1.42 bits per heavy atom. The molecular weight excluding hydrogens is 304 g/mol. The monoisotopic (exact) mass is 330 g/mol. The number of nitrogens with two attached hydrogens (primary N) is 1. The van der Waals surface area contributed by atoms with Crippen molar-refractivity contribution < 1.29 is 9.15 Å². The molecule has 130 valence electrons. The summed E-state index contributed by atoms with van der Waals surface area (Å²) in [6.07, 6.45) is 2.78. The first-order chi connectivity index (χ1) is 11.6. The lowest BCUT2D eigenvalue weighted by molar-refractivity contribution is 0.0422. The van der Waals surface area contributed by atoms with Crippen LogP contribution in [0.1, 0.15) is 11.3 Å². The zero-order chi connectivity index (χ0) is 16.9. The number of hydrogen-bond donors (Lipinski definition) is 2. The molecule has 0 bridgehead atoms. The summed E-state index contributed by atoms with van der Waals surface area (Å²) in [4.78, 5) is 6.50. The average molecular weight is 330 g/mol. The number of anilines is 2. The summed E-state index contributed by atoms with van der Waals surface area (Å²) in [6.45, 7) is 5.35. The topological polar surface area (TPSA) is 76.6 Å². The Hall–Kier alpha value is -2.05. The number of nitrogen functional groups attached to an aromatic ring is 1. The number of furan rings is 1. The fraction of sp³-hybridized carbons (Fsp3) is 0.500. The second kappa shape index (κ2) is 7.68. The van der Waals surface area contributed by atoms with E-state index in [-0.39, 0.29) is 6.10 Å². The summed E-state index contributed by atoms with van der Waals surface area (Å²) < 4.78 is 11.5. The average Bonchev–Trinajstić information content (AvgIpc) is 3.18. The molecule has 1 fully saturated rings. The second-order valence-corrected chi connectivity index (χ2v) is 6.47. The van der Waals surface area contributed by atoms with E-state index < -0.39 is 0 Å². The van der Waals surface area contributed by atoms with E-state index in [2.05, 4.69) is 21.3 Å². The molecule has 1 aliphatic heterocycles. The maximum atomic E-state index is 6.11. The van der Waals surface area contributed by atoms with Crippen molar-refractivity contribution in [1.82, 2.24) is 10.3 Å². The number of hydrogen-bond acceptors (Lipinski definition) is 6. The number of aromatic nitrogens is 1. The summed E-state index contributed by atoms with van der Waals surface area (Å²) in [5.41, 5.74) is 8.05. The smallest absolute Gasteiger partial charge is 0.195 e. The van der Waals surface area contributed by atoms with E-state index >= 15 is 0 Å². The molecule has 6 heteroatoms. The molecule has 1 saturated heterocycles. The van der Waals surface area contributed by atoms with E-state index in [0.29, 0.717) is 18.3 Å². The van der Waals surface area contributed by atoms with Gasteiger partial charge < -0.3 is 25.1 Å². The second-order valence-electron chi connectivity index (χ2n) is 6.47. The molecule has 0 aliphatic carbocycles. The summed E-state index contributed by atoms with van der Waals surface area (Å²) in [5.74, 6) is 1.88. The van der Waals surface area contributed by atoms with Gasteiger partial charge in [0.05, 0.1) is 19.0 Å². The third-order valence-corrected chi connectivity index (χ3v) is 4.43. The van der Waals surface area contributed by atoms with Crippen LogP contribution in [0.2, 0.25) is 0 Å². The fourth-order valence-corrected chi connectivity index (χ4v) is 3.19. The molecule has 0 unspecified atom stereocenters. The largest absolute Gasteiger partial charge is 0.449 e. The van der Waals surface area contributed by atoms with E-state index in [9.17, 15) is 0 Å². The van der Waals surface area contributed by atoms with Gasteiger partial charge in [0.2, 0.25) is 0 Å². The van der Waals surface area contributed by atoms with Gasteiger partial charge in [-0.1, -0.05) is 0 Å². The number of ether oxygens (including phenoxy) is 1. The molecule has 3 rings (SSSR count). The lowest BCUT2D eigenvalue weighted by Gasteiger charge is -2.21. The maximum absolute atomic E-state index is 6.11. The van der Waals surface area contributed by atoms with Crippen LogP contribution < -0.4 is 16.0 Å². The van der Waals surface area contributed by atoms with Crippen molar-refractivity contribution in [1.29, 1.82) is 0 Å². The van der Waals surface area contributed by atoms with Gasteiger partial charge in [-0.05, 0) is 37.1 Å². The molecule has 6 nitrogen and oxygen atoms in total. The fourth-order valence-electron chi connectivity index (χ4n) is 3.19. The highest BCUT2D eigenvalue weighted by molar-refractivity contribution is 5.34. The lowest BCUT2D eigenvalue weighted by atomic mass is 9.99. The maximum Gasteiger partial charge on any atom is 0.195 e. The first-order valence-electron chi connectivity index (χ1n) is 8.42. The number of aryl methyl sites for hydroxylation is 1. The van der Waals surface area contributed by atoms with Gasteiger partial charge in [0.15, 0.2) is 5.88 Å². The Kier molecular flexibility index (Phi) is 5.37. The standard InChI is InChI=1S/C18H26N4O2/c1-13-8-15(21-17(19)9-13)10-14-11-20-12-16(14)23-7-5-22(2)18-4-3-6-24-18/h3-4,6,8-9,14,16,20H,5,7,10-12H2,1-2H3,(H2,19,21)/t14-,16+/m0/s1. The molecular formula is C18H26N4O2. The number of pyridine rings is 1. The van der Waals surface area contributed by atoms with Crippen LogP contribution in [0.3, 0.4) is 0 Å². The highest BCUT2D eigenvalue weighted by Gasteiger charge is 2.28. The minimum atomic E-state index is 0.207. The van der Waals surface area contributed by atoms with Crippen LogP contribution in [0.5, 0.6) is 0 Å². The molecule has 3 heterocycles. The first kappa shape index (κ1) is 16.8. The van der Waals surface area contributed by atoms with Gasteiger partial charge in [-0.25, -0.2) is 4.98 Å². The Balaban J connectivity index is 1.50. The van der Waals surface area contributed by atoms with Crippen LogP contribution in [0.15, 0.2) is 34.9 Å². The normalized spacial score (nSPS) is 20.4. The van der Waals surface area contributed by atoms with Crippen molar-refractivity contribution in [2.45, 2.75) is 19.4 Å². The van der Waals surface area contributed by atoms with Crippen molar-refractivity contribution in [3.8, 4) is 0 Å². The van der Waals surface area contributed by atoms with Crippen molar-refractivity contribution in [2.75, 3.05) is 43.9 Å². The van der Waals surface area contributed by atoms with Gasteiger partial charge in [-0.3, -0.25) is 0 Å². The van der Waals surface area contributed by atoms with Crippen LogP contribution in [0.4, 0.5) is 11.7 Å². The van der Waals surface area contributed by atoms with Crippen molar-refractivity contribution in [2.24, 2.45) is 5.92 Å². The van der Waals surface area contributed by atoms with Gasteiger partial charge >= 0.3 is 0 Å². The first-order valence-corrected chi connectivity index (χ1v) is 8.42. The van der Waals surface area contributed by atoms with Crippen molar-refractivity contribution in [3.05, 3.63) is 41.8 Å². The summed E-state index contributed by atoms with van der Waals surface area (Å²) in [7, 11) is 2.01. The molecule has 24 heavy (non-hydrogen) atoms. The van der Waals surface area contributed by atoms with Crippen LogP contribution in [0, 0.1) is 12.8 Å². The predicted molar refractivity (Wildman–Crippen MR) is 95.2 cm³/mol. The zero-order valence-electron chi connectivity index (χ0n) is 14.4. The van der Waals surface area contributed by atoms with Crippen LogP contribution in [-0.2, 0) is 11.2 Å². The van der Waals surface area contributed by atoms with E-state index in [1.165, 1.54) is 0 Å². The quantitative estimate of drug-likeness (QED) is 0.807. The van der Waals surface area contributed by atoms with E-state index in [1.807, 2.05) is 32.2 Å². The molecule has 3 N–H and O–H groups in total. The molecule has 0 aromatic carbocycles. The van der Waals surface area contributed by atoms with Gasteiger partial charge in [0.25, 0.3) is 0 Å². The minimum absolute atomic E-state index is 0.207.